The summed E-state index contributed by atoms with van der Waals surface area (Å²) in [4.78, 5) is 0. The van der Waals surface area contributed by atoms with E-state index in [9.17, 15) is 0 Å². The summed E-state index contributed by atoms with van der Waals surface area (Å²) >= 11 is 5.99. The molecule has 1 N–H and O–H groups in total. The molecule has 2 nitrogen and oxygen atoms in total. The van der Waals surface area contributed by atoms with E-state index in [2.05, 4.69) is 5.32 Å². The van der Waals surface area contributed by atoms with Crippen molar-refractivity contribution in [3.63, 3.8) is 0 Å². The second-order valence-electron chi connectivity index (χ2n) is 2.86. The molecule has 1 aromatic carbocycles. The molecule has 1 rings (SSSR count). The molecule has 0 saturated carbocycles. The van der Waals surface area contributed by atoms with Gasteiger partial charge in [-0.15, -0.1) is 0 Å². The number of benzene rings is 1. The van der Waals surface area contributed by atoms with Crippen molar-refractivity contribution in [3.8, 4) is 6.07 Å². The van der Waals surface area contributed by atoms with Gasteiger partial charge in [-0.3, -0.25) is 0 Å². The lowest BCUT2D eigenvalue weighted by atomic mass is 10.1. The van der Waals surface area contributed by atoms with Gasteiger partial charge in [0, 0.05) is 11.1 Å². The van der Waals surface area contributed by atoms with Crippen LogP contribution in [0.4, 0.5) is 0 Å². The molecular formula is C10H11ClN2. The summed E-state index contributed by atoms with van der Waals surface area (Å²) in [5, 5.41) is 12.4. The summed E-state index contributed by atoms with van der Waals surface area (Å²) in [6.45, 7) is 2.02. The van der Waals surface area contributed by atoms with E-state index in [-0.39, 0.29) is 6.04 Å². The van der Waals surface area contributed by atoms with E-state index in [0.29, 0.717) is 10.6 Å². The molecule has 1 unspecified atom stereocenters. The van der Waals surface area contributed by atoms with Crippen molar-refractivity contribution in [1.29, 1.82) is 5.26 Å². The Morgan fingerprint density at radius 3 is 2.69 bits per heavy atom. The molecule has 0 bridgehead atoms. The van der Waals surface area contributed by atoms with Crippen molar-refractivity contribution >= 4 is 11.6 Å². The molecule has 0 radical (unpaired) electrons. The van der Waals surface area contributed by atoms with E-state index in [4.69, 9.17) is 16.9 Å². The highest BCUT2D eigenvalue weighted by Crippen LogP contribution is 2.23. The second-order valence-corrected chi connectivity index (χ2v) is 3.27. The fraction of sp³-hybridized carbons (Fsp3) is 0.300. The molecule has 0 aliphatic heterocycles. The molecule has 0 heterocycles. The fourth-order valence-corrected chi connectivity index (χ4v) is 1.45. The monoisotopic (exact) mass is 194 g/mol. The van der Waals surface area contributed by atoms with Crippen molar-refractivity contribution in [3.05, 3.63) is 34.3 Å². The van der Waals surface area contributed by atoms with Crippen LogP contribution in [0.5, 0.6) is 0 Å². The Labute approximate surface area is 83.1 Å². The zero-order chi connectivity index (χ0) is 9.84. The standard InChI is InChI=1S/C10H11ClN2/c1-7(13-2)9-4-3-8(6-12)5-10(9)11/h3-5,7,13H,1-2H3. The van der Waals surface area contributed by atoms with Gasteiger partial charge in [0.1, 0.15) is 0 Å². The van der Waals surface area contributed by atoms with Gasteiger partial charge < -0.3 is 5.32 Å². The highest BCUT2D eigenvalue weighted by Gasteiger charge is 2.07. The molecule has 68 valence electrons. The quantitative estimate of drug-likeness (QED) is 0.785. The van der Waals surface area contributed by atoms with Crippen LogP contribution in [0.25, 0.3) is 0 Å². The zero-order valence-corrected chi connectivity index (χ0v) is 8.39. The SMILES string of the molecule is CNC(C)c1ccc(C#N)cc1Cl. The van der Waals surface area contributed by atoms with Gasteiger partial charge in [-0.1, -0.05) is 17.7 Å². The Bertz CT molecular complexity index is 341. The molecule has 0 amide bonds. The van der Waals surface area contributed by atoms with Crippen molar-refractivity contribution in [2.45, 2.75) is 13.0 Å². The molecule has 0 aliphatic rings. The maximum absolute atomic E-state index is 8.62. The smallest absolute Gasteiger partial charge is 0.0992 e. The van der Waals surface area contributed by atoms with Crippen LogP contribution < -0.4 is 5.32 Å². The minimum absolute atomic E-state index is 0.209. The van der Waals surface area contributed by atoms with E-state index >= 15 is 0 Å². The van der Waals surface area contributed by atoms with Crippen LogP contribution in [0.1, 0.15) is 24.1 Å². The predicted octanol–water partition coefficient (Wildman–Crippen LogP) is 2.49. The average Bonchev–Trinajstić information content (AvgIpc) is 2.16. The van der Waals surface area contributed by atoms with Crippen LogP contribution >= 0.6 is 11.6 Å². The van der Waals surface area contributed by atoms with Crippen molar-refractivity contribution < 1.29 is 0 Å². The summed E-state index contributed by atoms with van der Waals surface area (Å²) < 4.78 is 0. The van der Waals surface area contributed by atoms with E-state index < -0.39 is 0 Å². The van der Waals surface area contributed by atoms with Crippen LogP contribution in [-0.2, 0) is 0 Å². The lowest BCUT2D eigenvalue weighted by Gasteiger charge is -2.12. The van der Waals surface area contributed by atoms with Gasteiger partial charge in [0.15, 0.2) is 0 Å². The number of nitrogens with one attached hydrogen (secondary N) is 1. The topological polar surface area (TPSA) is 35.8 Å². The Kier molecular flexibility index (Phi) is 3.30. The highest BCUT2D eigenvalue weighted by atomic mass is 35.5. The summed E-state index contributed by atoms with van der Waals surface area (Å²) in [6, 6.07) is 7.59. The second kappa shape index (κ2) is 4.27. The van der Waals surface area contributed by atoms with Crippen molar-refractivity contribution in [2.75, 3.05) is 7.05 Å². The van der Waals surface area contributed by atoms with Crippen LogP contribution in [0.2, 0.25) is 5.02 Å². The van der Waals surface area contributed by atoms with Gasteiger partial charge in [-0.05, 0) is 31.7 Å². The molecular weight excluding hydrogens is 184 g/mol. The molecule has 0 saturated heterocycles. The molecule has 0 aromatic heterocycles. The van der Waals surface area contributed by atoms with Crippen molar-refractivity contribution in [2.24, 2.45) is 0 Å². The Hall–Kier alpha value is -1.04. The molecule has 0 fully saturated rings. The number of nitriles is 1. The number of hydrogen-bond acceptors (Lipinski definition) is 2. The first-order valence-electron chi connectivity index (χ1n) is 4.06. The van der Waals surface area contributed by atoms with E-state index in [0.717, 1.165) is 5.56 Å². The minimum Gasteiger partial charge on any atom is -0.313 e. The molecule has 3 heteroatoms. The van der Waals surface area contributed by atoms with Crippen LogP contribution in [-0.4, -0.2) is 7.05 Å². The van der Waals surface area contributed by atoms with Crippen molar-refractivity contribution in [1.82, 2.24) is 5.32 Å². The zero-order valence-electron chi connectivity index (χ0n) is 7.63. The third kappa shape index (κ3) is 2.21. The summed E-state index contributed by atoms with van der Waals surface area (Å²) in [6.07, 6.45) is 0. The van der Waals surface area contributed by atoms with E-state index in [1.165, 1.54) is 0 Å². The molecule has 1 atom stereocenters. The summed E-state index contributed by atoms with van der Waals surface area (Å²) in [7, 11) is 1.87. The van der Waals surface area contributed by atoms with Gasteiger partial charge in [0.25, 0.3) is 0 Å². The summed E-state index contributed by atoms with van der Waals surface area (Å²) in [5.41, 5.74) is 1.61. The average molecular weight is 195 g/mol. The third-order valence-electron chi connectivity index (χ3n) is 2.03. The number of halogens is 1. The largest absolute Gasteiger partial charge is 0.313 e. The van der Waals surface area contributed by atoms with Gasteiger partial charge >= 0.3 is 0 Å². The van der Waals surface area contributed by atoms with Crippen LogP contribution in [0.15, 0.2) is 18.2 Å². The maximum Gasteiger partial charge on any atom is 0.0992 e. The molecule has 13 heavy (non-hydrogen) atoms. The Morgan fingerprint density at radius 1 is 1.54 bits per heavy atom. The molecule has 1 aromatic rings. The van der Waals surface area contributed by atoms with Gasteiger partial charge in [-0.25, -0.2) is 0 Å². The van der Waals surface area contributed by atoms with E-state index in [1.54, 1.807) is 12.1 Å². The van der Waals surface area contributed by atoms with Crippen LogP contribution in [0, 0.1) is 11.3 Å². The number of rotatable bonds is 2. The lowest BCUT2D eigenvalue weighted by Crippen LogP contribution is -2.12. The predicted molar refractivity (Wildman–Crippen MR) is 53.6 cm³/mol. The van der Waals surface area contributed by atoms with Gasteiger partial charge in [0.05, 0.1) is 11.6 Å². The van der Waals surface area contributed by atoms with Gasteiger partial charge in [0.2, 0.25) is 0 Å². The number of nitrogens with zero attached hydrogens (tertiary/aromatic N) is 1. The van der Waals surface area contributed by atoms with E-state index in [1.807, 2.05) is 26.1 Å². The summed E-state index contributed by atoms with van der Waals surface area (Å²) in [5.74, 6) is 0. The maximum atomic E-state index is 8.62. The first kappa shape index (κ1) is 10.0. The third-order valence-corrected chi connectivity index (χ3v) is 2.36. The molecule has 0 spiro atoms. The Morgan fingerprint density at radius 2 is 2.23 bits per heavy atom. The fourth-order valence-electron chi connectivity index (χ4n) is 1.10. The molecule has 0 aliphatic carbocycles. The first-order chi connectivity index (χ1) is 6.19. The van der Waals surface area contributed by atoms with Gasteiger partial charge in [-0.2, -0.15) is 5.26 Å². The highest BCUT2D eigenvalue weighted by molar-refractivity contribution is 6.31. The first-order valence-corrected chi connectivity index (χ1v) is 4.43. The van der Waals surface area contributed by atoms with Crippen LogP contribution in [0.3, 0.4) is 0 Å². The minimum atomic E-state index is 0.209. The normalized spacial score (nSPS) is 12.2. The Balaban J connectivity index is 3.07. The number of hydrogen-bond donors (Lipinski definition) is 1. The lowest BCUT2D eigenvalue weighted by molar-refractivity contribution is 0.652.